The molecule has 6 aliphatic rings. The van der Waals surface area contributed by atoms with E-state index in [0.717, 1.165) is 36.2 Å². The molecule has 3 fully saturated rings. The molecule has 2 aliphatic carbocycles. The first kappa shape index (κ1) is 64.0. The number of carbonyl (C=O) groups excluding carboxylic acids is 7. The van der Waals surface area contributed by atoms with Crippen molar-refractivity contribution in [2.45, 2.75) is 109 Å². The highest BCUT2D eigenvalue weighted by Crippen LogP contribution is 2.49. The predicted molar refractivity (Wildman–Crippen MR) is 321 cm³/mol. The molecular weight excluding hydrogens is 1160 g/mol. The third-order valence-corrected chi connectivity index (χ3v) is 17.0. The number of aliphatic hydroxyl groups excluding tert-OH is 1. The van der Waals surface area contributed by atoms with Crippen molar-refractivity contribution >= 4 is 75.2 Å². The van der Waals surface area contributed by atoms with Crippen LogP contribution in [0.1, 0.15) is 92.0 Å². The Hall–Kier alpha value is -8.53. The summed E-state index contributed by atoms with van der Waals surface area (Å²) in [6.07, 6.45) is 6.69. The molecule has 27 heteroatoms. The number of hydrogen-bond donors (Lipinski definition) is 6. The van der Waals surface area contributed by atoms with Crippen LogP contribution in [0.25, 0.3) is 0 Å². The van der Waals surface area contributed by atoms with Crippen molar-refractivity contribution in [1.82, 2.24) is 29.9 Å². The number of ether oxygens (including phenoxy) is 7. The number of nitrogens with zero attached hydrogens (tertiary/aromatic N) is 4. The quantitative estimate of drug-likeness (QED) is 0.0496. The Bertz CT molecular complexity index is 3360. The van der Waals surface area contributed by atoms with Gasteiger partial charge in [0.05, 0.1) is 68.6 Å². The lowest BCUT2D eigenvalue weighted by molar-refractivity contribution is -0.133. The molecule has 2 saturated heterocycles. The number of rotatable bonds is 24. The number of allylic oxidation sites excluding steroid dienone is 2. The number of hydrogen-bond acceptors (Lipinski definition) is 18. The number of anilines is 2. The van der Waals surface area contributed by atoms with Crippen LogP contribution in [0.2, 0.25) is 0 Å². The summed E-state index contributed by atoms with van der Waals surface area (Å²) in [7, 11) is -1.39. The molecule has 7 amide bonds. The van der Waals surface area contributed by atoms with Gasteiger partial charge < -0.3 is 64.0 Å². The number of benzene rings is 3. The second-order valence-corrected chi connectivity index (χ2v) is 24.2. The first-order chi connectivity index (χ1) is 42.1. The molecule has 4 heterocycles. The molecule has 9 rings (SSSR count). The van der Waals surface area contributed by atoms with Crippen LogP contribution < -0.4 is 49.2 Å². The van der Waals surface area contributed by atoms with Gasteiger partial charge in [-0.25, -0.2) is 19.2 Å². The van der Waals surface area contributed by atoms with E-state index in [1.807, 2.05) is 4.72 Å². The highest BCUT2D eigenvalue weighted by Gasteiger charge is 2.52. The van der Waals surface area contributed by atoms with Crippen LogP contribution >= 0.6 is 0 Å². The molecule has 3 aromatic carbocycles. The first-order valence-electron chi connectivity index (χ1n) is 29.2. The number of aliphatic imine (C=N–C) groups is 1. The molecule has 4 aliphatic heterocycles. The van der Waals surface area contributed by atoms with Crippen LogP contribution in [-0.4, -0.2) is 168 Å². The van der Waals surface area contributed by atoms with Crippen molar-refractivity contribution < 1.29 is 80.2 Å². The lowest BCUT2D eigenvalue weighted by Crippen LogP contribution is -2.54. The van der Waals surface area contributed by atoms with Crippen LogP contribution in [-0.2, 0) is 45.4 Å². The Morgan fingerprint density at radius 1 is 0.784 bits per heavy atom. The fraction of sp³-hybridized carbons (Fsp3) is 0.475. The van der Waals surface area contributed by atoms with E-state index in [-0.39, 0.29) is 98.6 Å². The SMILES string of the molecule is C=C1C[C@H]2C=Nc3cc(OCCCOc4cc5c(cc4OC)C(=O)N4CC(=C)C[C@H]4[C@H](O)N5C(=O)OCc4ccc(NC(=O)[C@H](C)NC(=O)[C@@H](NC(=O)COCCNS(=O)(=O)NC(=O)O[C@@H]5[C@@H]6CC/C=C\CC[C@@H]65)C(C)C)cc4)c(OC)cc3C(=O)N2C1. The van der Waals surface area contributed by atoms with E-state index in [2.05, 4.69) is 51.0 Å². The van der Waals surface area contributed by atoms with Gasteiger partial charge in [-0.15, -0.1) is 0 Å². The smallest absolute Gasteiger partial charge is 0.422 e. The molecule has 8 atom stereocenters. The average Bonchev–Trinajstić information content (AvgIpc) is 1.96. The number of amides is 7. The largest absolute Gasteiger partial charge is 0.493 e. The van der Waals surface area contributed by atoms with Gasteiger partial charge in [0.1, 0.15) is 31.4 Å². The van der Waals surface area contributed by atoms with E-state index in [4.69, 9.17) is 33.2 Å². The zero-order valence-electron chi connectivity index (χ0n) is 49.7. The summed E-state index contributed by atoms with van der Waals surface area (Å²) < 4.78 is 68.9. The highest BCUT2D eigenvalue weighted by molar-refractivity contribution is 7.88. The molecule has 0 unspecified atom stereocenters. The van der Waals surface area contributed by atoms with Crippen LogP contribution in [0.4, 0.5) is 26.7 Å². The van der Waals surface area contributed by atoms with E-state index in [1.165, 1.54) is 38.2 Å². The number of fused-ring (bicyclic) bond motifs is 5. The van der Waals surface area contributed by atoms with Crippen LogP contribution in [0, 0.1) is 17.8 Å². The number of nitrogens with one attached hydrogen (secondary N) is 5. The Labute approximate surface area is 510 Å². The van der Waals surface area contributed by atoms with Crippen LogP contribution in [0.15, 0.2) is 90.0 Å². The van der Waals surface area contributed by atoms with Crippen LogP contribution in [0.5, 0.6) is 23.0 Å². The van der Waals surface area contributed by atoms with Crippen molar-refractivity contribution in [1.29, 1.82) is 0 Å². The summed E-state index contributed by atoms with van der Waals surface area (Å²) in [5.41, 5.74) is 3.37. The molecule has 0 bridgehead atoms. The minimum absolute atomic E-state index is 0.0143. The lowest BCUT2D eigenvalue weighted by Gasteiger charge is -2.31. The third kappa shape index (κ3) is 15.2. The van der Waals surface area contributed by atoms with Crippen molar-refractivity contribution in [3.05, 3.63) is 102 Å². The number of methoxy groups -OCH3 is 2. The Kier molecular flexibility index (Phi) is 20.4. The van der Waals surface area contributed by atoms with E-state index < -0.39 is 82.9 Å². The molecule has 6 N–H and O–H groups in total. The molecule has 472 valence electrons. The van der Waals surface area contributed by atoms with E-state index in [0.29, 0.717) is 59.0 Å². The average molecular weight is 1240 g/mol. The summed E-state index contributed by atoms with van der Waals surface area (Å²) in [5.74, 6) is -1.47. The molecular formula is C61H75N9O17S. The molecule has 3 aromatic rings. The Balaban J connectivity index is 0.740. The van der Waals surface area contributed by atoms with E-state index >= 15 is 0 Å². The predicted octanol–water partition coefficient (Wildman–Crippen LogP) is 5.19. The van der Waals surface area contributed by atoms with Gasteiger partial charge in [-0.05, 0) is 81.2 Å². The maximum absolute atomic E-state index is 14.2. The molecule has 88 heavy (non-hydrogen) atoms. The van der Waals surface area contributed by atoms with Gasteiger partial charge in [-0.2, -0.15) is 13.1 Å². The second kappa shape index (κ2) is 28.1. The Morgan fingerprint density at radius 3 is 2.09 bits per heavy atom. The Morgan fingerprint density at radius 2 is 1.42 bits per heavy atom. The molecule has 26 nitrogen and oxygen atoms in total. The normalized spacial score (nSPS) is 22.0. The van der Waals surface area contributed by atoms with E-state index in [1.54, 1.807) is 61.4 Å². The van der Waals surface area contributed by atoms with Crippen molar-refractivity contribution in [2.24, 2.45) is 22.7 Å². The fourth-order valence-electron chi connectivity index (χ4n) is 11.3. The standard InChI is InChI=1S/C61H75N9O17S/c1-34(2)53(66-52(71)33-83-22-19-63-88(79,80)67-60(77)87-54-41-13-10-8-9-11-14-42(41)54)56(73)64-37(5)55(72)65-39-17-15-38(16-18-39)32-86-61(78)70-46-28-51(49(82-7)26-44(46)58(75)69-31-36(4)24-47(69)59(70)76)85-21-12-20-84-50-27-45-43(25-48(50)81-6)57(74)68-30-35(3)23-40(68)29-62-45/h8-9,15-18,25-29,34,37,40-42,47,53-54,59,63,76H,3-4,10-14,19-24,30-33H2,1-2,5-7H3,(H,64,73)(H,65,72)(H,66,71)(H,67,77)/b9-8-/t37-,40-,41-,42+,47-,53-,54-,59-/m0/s1. The van der Waals surface area contributed by atoms with Gasteiger partial charge in [0.15, 0.2) is 29.2 Å². The lowest BCUT2D eigenvalue weighted by atomic mass is 10.0. The van der Waals surface area contributed by atoms with Crippen molar-refractivity contribution in [3.8, 4) is 23.0 Å². The number of carbonyl (C=O) groups is 7. The first-order valence-corrected chi connectivity index (χ1v) is 30.6. The summed E-state index contributed by atoms with van der Waals surface area (Å²) in [5, 5.41) is 19.8. The summed E-state index contributed by atoms with van der Waals surface area (Å²) >= 11 is 0. The van der Waals surface area contributed by atoms with E-state index in [9.17, 15) is 47.1 Å². The van der Waals surface area contributed by atoms with Gasteiger partial charge in [0.25, 0.3) is 11.8 Å². The summed E-state index contributed by atoms with van der Waals surface area (Å²) in [6.45, 7) is 12.4. The monoisotopic (exact) mass is 1240 g/mol. The third-order valence-electron chi connectivity index (χ3n) is 16.0. The fourth-order valence-corrected chi connectivity index (χ4v) is 12.0. The molecule has 1 saturated carbocycles. The van der Waals surface area contributed by atoms with Gasteiger partial charge in [0, 0.05) is 61.9 Å². The van der Waals surface area contributed by atoms with Crippen molar-refractivity contribution in [3.63, 3.8) is 0 Å². The molecule has 0 spiro atoms. The van der Waals surface area contributed by atoms with Gasteiger partial charge in [-0.3, -0.25) is 29.0 Å². The maximum Gasteiger partial charge on any atom is 0.422 e. The molecule has 0 aromatic heterocycles. The van der Waals surface area contributed by atoms with Crippen LogP contribution in [0.3, 0.4) is 0 Å². The van der Waals surface area contributed by atoms with Gasteiger partial charge in [0.2, 0.25) is 17.7 Å². The number of aliphatic hydroxyl groups is 1. The zero-order chi connectivity index (χ0) is 63.0. The second-order valence-electron chi connectivity index (χ2n) is 22.7. The highest BCUT2D eigenvalue weighted by atomic mass is 32.2. The van der Waals surface area contributed by atoms with Gasteiger partial charge in [-0.1, -0.05) is 62.4 Å². The zero-order valence-corrected chi connectivity index (χ0v) is 50.6. The minimum Gasteiger partial charge on any atom is -0.493 e. The van der Waals surface area contributed by atoms with Crippen molar-refractivity contribution in [2.75, 3.05) is 70.5 Å². The summed E-state index contributed by atoms with van der Waals surface area (Å²) in [4.78, 5) is 102. The minimum atomic E-state index is -4.27. The summed E-state index contributed by atoms with van der Waals surface area (Å²) in [6, 6.07) is 9.29. The van der Waals surface area contributed by atoms with Gasteiger partial charge >= 0.3 is 22.4 Å². The molecule has 0 radical (unpaired) electrons. The topological polar surface area (TPSA) is 321 Å². The maximum atomic E-state index is 14.2.